The molecule has 0 amide bonds. The standard InChI is InChI=1S/C10H17Si.2ClH.Ti/c1-5-9-6-7-10(8-9)11(2,3)4;;;/h8H,5,7H2,1-4H3;2*1H;. The molecule has 0 bridgehead atoms. The molecule has 0 aromatic carbocycles. The number of halogens is 2. The van der Waals surface area contributed by atoms with Crippen LogP contribution in [0, 0.1) is 0 Å². The Morgan fingerprint density at radius 3 is 2.00 bits per heavy atom. The van der Waals surface area contributed by atoms with Crippen LogP contribution >= 0.6 is 24.8 Å². The van der Waals surface area contributed by atoms with Gasteiger partial charge < -0.3 is 0 Å². The fourth-order valence-electron chi connectivity index (χ4n) is 1.45. The molecule has 1 rings (SSSR count). The van der Waals surface area contributed by atoms with Gasteiger partial charge in [0.2, 0.25) is 0 Å². The molecule has 0 radical (unpaired) electrons. The van der Waals surface area contributed by atoms with E-state index in [0.717, 1.165) is 0 Å². The van der Waals surface area contributed by atoms with Gasteiger partial charge in [-0.25, -0.2) is 0 Å². The van der Waals surface area contributed by atoms with Gasteiger partial charge in [-0.05, 0) is 0 Å². The fourth-order valence-corrected chi connectivity index (χ4v) is 3.73. The molecule has 0 unspecified atom stereocenters. The minimum absolute atomic E-state index is 0. The SMILES string of the molecule is CCC1=[C]([Ti])CC([Si](C)(C)C)=C1.Cl.Cl. The molecule has 0 saturated carbocycles. The largest absolute Gasteiger partial charge is 0.147 e. The summed E-state index contributed by atoms with van der Waals surface area (Å²) in [5.74, 6) is 0. The summed E-state index contributed by atoms with van der Waals surface area (Å²) < 4.78 is 1.61. The Bertz CT molecular complexity index is 251. The molecular formula is C10H19Cl2SiTi. The fraction of sp³-hybridized carbons (Fsp3) is 0.600. The van der Waals surface area contributed by atoms with Gasteiger partial charge in [0.15, 0.2) is 0 Å². The first-order valence-corrected chi connectivity index (χ1v) is 8.88. The molecule has 1 aliphatic carbocycles. The van der Waals surface area contributed by atoms with Gasteiger partial charge >= 0.3 is 88.6 Å². The van der Waals surface area contributed by atoms with Crippen LogP contribution in [0.5, 0.6) is 0 Å². The Morgan fingerprint density at radius 2 is 1.79 bits per heavy atom. The summed E-state index contributed by atoms with van der Waals surface area (Å²) in [6.07, 6.45) is 4.93. The Labute approximate surface area is 113 Å². The van der Waals surface area contributed by atoms with E-state index in [1.807, 2.05) is 0 Å². The average Bonchev–Trinajstić information content (AvgIpc) is 2.29. The first kappa shape index (κ1) is 17.4. The van der Waals surface area contributed by atoms with Crippen molar-refractivity contribution >= 4 is 32.9 Å². The summed E-state index contributed by atoms with van der Waals surface area (Å²) in [6, 6.07) is 0. The molecule has 4 heteroatoms. The summed E-state index contributed by atoms with van der Waals surface area (Å²) in [6.45, 7) is 9.56. The first-order chi connectivity index (χ1) is 5.45. The maximum Gasteiger partial charge on any atom is -0.147 e. The molecule has 0 N–H and O–H groups in total. The summed E-state index contributed by atoms with van der Waals surface area (Å²) >= 11 is 2.28. The average molecular weight is 286 g/mol. The van der Waals surface area contributed by atoms with Crippen molar-refractivity contribution in [1.29, 1.82) is 0 Å². The molecule has 1 aliphatic rings. The molecule has 0 aromatic rings. The maximum absolute atomic E-state index is 2.46. The minimum atomic E-state index is -1.00. The van der Waals surface area contributed by atoms with Crippen molar-refractivity contribution in [3.8, 4) is 0 Å². The van der Waals surface area contributed by atoms with Crippen LogP contribution < -0.4 is 0 Å². The second kappa shape index (κ2) is 6.55. The van der Waals surface area contributed by atoms with Crippen LogP contribution in [-0.2, 0) is 20.4 Å². The van der Waals surface area contributed by atoms with Crippen LogP contribution in [0.15, 0.2) is 20.7 Å². The second-order valence-corrected chi connectivity index (χ2v) is 10.5. The normalized spacial score (nSPS) is 15.8. The number of allylic oxidation sites excluding steroid dienone is 4. The van der Waals surface area contributed by atoms with E-state index in [1.54, 1.807) is 14.6 Å². The van der Waals surface area contributed by atoms with E-state index in [-0.39, 0.29) is 24.8 Å². The van der Waals surface area contributed by atoms with Crippen LogP contribution in [-0.4, -0.2) is 8.07 Å². The third kappa shape index (κ3) is 4.24. The van der Waals surface area contributed by atoms with E-state index >= 15 is 0 Å². The number of hydrogen-bond donors (Lipinski definition) is 0. The van der Waals surface area contributed by atoms with Gasteiger partial charge in [-0.3, -0.25) is 0 Å². The zero-order valence-corrected chi connectivity index (χ0v) is 13.5. The third-order valence-electron chi connectivity index (χ3n) is 2.45. The Kier molecular flexibility index (Phi) is 8.13. The van der Waals surface area contributed by atoms with Gasteiger partial charge in [0, 0.05) is 0 Å². The van der Waals surface area contributed by atoms with Gasteiger partial charge in [-0.1, -0.05) is 0 Å². The van der Waals surface area contributed by atoms with Gasteiger partial charge in [-0.15, -0.1) is 24.8 Å². The van der Waals surface area contributed by atoms with E-state index in [0.29, 0.717) is 0 Å². The third-order valence-corrected chi connectivity index (χ3v) is 5.47. The predicted octanol–water partition coefficient (Wildman–Crippen LogP) is 4.25. The minimum Gasteiger partial charge on any atom is -0.147 e. The monoisotopic (exact) mass is 285 g/mol. The van der Waals surface area contributed by atoms with Crippen LogP contribution in [0.4, 0.5) is 0 Å². The van der Waals surface area contributed by atoms with Gasteiger partial charge in [-0.2, -0.15) is 0 Å². The van der Waals surface area contributed by atoms with Gasteiger partial charge in [0.25, 0.3) is 0 Å². The smallest absolute Gasteiger partial charge is 0.147 e. The van der Waals surface area contributed by atoms with Crippen molar-refractivity contribution in [3.63, 3.8) is 0 Å². The molecule has 0 nitrogen and oxygen atoms in total. The maximum atomic E-state index is 2.46. The second-order valence-electron chi connectivity index (χ2n) is 4.45. The summed E-state index contributed by atoms with van der Waals surface area (Å²) in [5.41, 5.74) is 1.59. The van der Waals surface area contributed by atoms with E-state index < -0.39 is 8.07 Å². The van der Waals surface area contributed by atoms with Crippen molar-refractivity contribution in [2.24, 2.45) is 0 Å². The van der Waals surface area contributed by atoms with E-state index in [1.165, 1.54) is 12.8 Å². The van der Waals surface area contributed by atoms with Gasteiger partial charge in [0.05, 0.1) is 0 Å². The van der Waals surface area contributed by atoms with E-state index in [9.17, 15) is 0 Å². The van der Waals surface area contributed by atoms with E-state index in [4.69, 9.17) is 0 Å². The summed E-state index contributed by atoms with van der Waals surface area (Å²) in [7, 11) is -1.00. The van der Waals surface area contributed by atoms with Crippen LogP contribution in [0.25, 0.3) is 0 Å². The van der Waals surface area contributed by atoms with Crippen LogP contribution in [0.1, 0.15) is 19.8 Å². The Hall–Kier alpha value is 0.991. The molecule has 81 valence electrons. The topological polar surface area (TPSA) is 0 Å². The van der Waals surface area contributed by atoms with Crippen molar-refractivity contribution in [1.82, 2.24) is 0 Å². The van der Waals surface area contributed by atoms with Gasteiger partial charge in [0.1, 0.15) is 0 Å². The Morgan fingerprint density at radius 1 is 1.29 bits per heavy atom. The first-order valence-electron chi connectivity index (χ1n) is 4.60. The van der Waals surface area contributed by atoms with Crippen molar-refractivity contribution in [2.45, 2.75) is 39.4 Å². The van der Waals surface area contributed by atoms with E-state index in [2.05, 4.69) is 53.1 Å². The number of hydrogen-bond acceptors (Lipinski definition) is 0. The van der Waals surface area contributed by atoms with Crippen molar-refractivity contribution < 1.29 is 20.4 Å². The van der Waals surface area contributed by atoms with Crippen molar-refractivity contribution in [2.75, 3.05) is 0 Å². The van der Waals surface area contributed by atoms with Crippen LogP contribution in [0.2, 0.25) is 19.6 Å². The molecule has 0 fully saturated rings. The molecule has 0 aliphatic heterocycles. The summed E-state index contributed by atoms with van der Waals surface area (Å²) in [4.78, 5) is 0. The molecule has 0 spiro atoms. The summed E-state index contributed by atoms with van der Waals surface area (Å²) in [5, 5.41) is 1.73. The van der Waals surface area contributed by atoms with Crippen LogP contribution in [0.3, 0.4) is 0 Å². The zero-order chi connectivity index (χ0) is 9.35. The molecule has 14 heavy (non-hydrogen) atoms. The predicted molar refractivity (Wildman–Crippen MR) is 67.9 cm³/mol. The molecule has 0 saturated heterocycles. The zero-order valence-electron chi connectivity index (χ0n) is 9.31. The quantitative estimate of drug-likeness (QED) is 0.666. The molecular weight excluding hydrogens is 267 g/mol. The Balaban J connectivity index is 0. The molecule has 0 aromatic heterocycles. The molecule has 0 heterocycles. The molecule has 0 atom stereocenters. The number of rotatable bonds is 2. The van der Waals surface area contributed by atoms with Crippen molar-refractivity contribution in [3.05, 3.63) is 20.7 Å².